The highest BCUT2D eigenvalue weighted by Crippen LogP contribution is 2.63. The Labute approximate surface area is 178 Å². The standard InChI is InChI=1S/C21H31F7O3/c1-11-12-7-13(14(8-12)15(11)18(5,6)10-22)9-19(20(23,24)25,21(26,27)28)31-16(29)30-17(2,3)4/h11-15H,7-10H2,1-6H3. The van der Waals surface area contributed by atoms with Gasteiger partial charge in [0.1, 0.15) is 5.60 Å². The molecular weight excluding hydrogens is 433 g/mol. The van der Waals surface area contributed by atoms with Crippen LogP contribution in [0.5, 0.6) is 0 Å². The summed E-state index contributed by atoms with van der Waals surface area (Å²) in [6, 6.07) is 0. The van der Waals surface area contributed by atoms with Crippen LogP contribution in [0, 0.1) is 35.0 Å². The minimum Gasteiger partial charge on any atom is -0.429 e. The summed E-state index contributed by atoms with van der Waals surface area (Å²) in [4.78, 5) is 11.9. The lowest BCUT2D eigenvalue weighted by atomic mass is 9.62. The van der Waals surface area contributed by atoms with Crippen LogP contribution in [0.3, 0.4) is 0 Å². The van der Waals surface area contributed by atoms with E-state index in [4.69, 9.17) is 0 Å². The van der Waals surface area contributed by atoms with E-state index in [0.29, 0.717) is 6.42 Å². The first-order valence-corrected chi connectivity index (χ1v) is 10.4. The van der Waals surface area contributed by atoms with E-state index >= 15 is 0 Å². The molecule has 5 unspecified atom stereocenters. The molecule has 0 aliphatic heterocycles. The minimum atomic E-state index is -5.90. The average molecular weight is 464 g/mol. The van der Waals surface area contributed by atoms with Gasteiger partial charge in [-0.1, -0.05) is 20.8 Å². The third kappa shape index (κ3) is 4.92. The van der Waals surface area contributed by atoms with Gasteiger partial charge in [0.2, 0.25) is 0 Å². The predicted octanol–water partition coefficient (Wildman–Crippen LogP) is 7.10. The summed E-state index contributed by atoms with van der Waals surface area (Å²) in [5, 5.41) is 0. The molecule has 0 aromatic rings. The van der Waals surface area contributed by atoms with Gasteiger partial charge in [0.25, 0.3) is 0 Å². The molecule has 0 spiro atoms. The van der Waals surface area contributed by atoms with Crippen molar-refractivity contribution in [2.45, 2.75) is 84.4 Å². The molecule has 31 heavy (non-hydrogen) atoms. The third-order valence-electron chi connectivity index (χ3n) is 6.92. The van der Waals surface area contributed by atoms with Crippen LogP contribution in [0.1, 0.15) is 60.8 Å². The molecule has 0 N–H and O–H groups in total. The summed E-state index contributed by atoms with van der Waals surface area (Å²) in [6.07, 6.45) is -14.7. The SMILES string of the molecule is CC1C2CC(CC(OC(=O)OC(C)(C)C)(C(F)(F)F)C(F)(F)F)C(C2)C1C(C)(C)CF. The quantitative estimate of drug-likeness (QED) is 0.322. The van der Waals surface area contributed by atoms with Gasteiger partial charge in [0, 0.05) is 6.42 Å². The number of alkyl halides is 7. The monoisotopic (exact) mass is 464 g/mol. The Hall–Kier alpha value is -1.22. The summed E-state index contributed by atoms with van der Waals surface area (Å²) in [6.45, 7) is 8.35. The summed E-state index contributed by atoms with van der Waals surface area (Å²) >= 11 is 0. The number of fused-ring (bicyclic) bond motifs is 2. The summed E-state index contributed by atoms with van der Waals surface area (Å²) < 4.78 is 106. The van der Waals surface area contributed by atoms with E-state index < -0.39 is 60.1 Å². The van der Waals surface area contributed by atoms with Crippen LogP contribution in [0.25, 0.3) is 0 Å². The number of hydrogen-bond acceptors (Lipinski definition) is 3. The first-order chi connectivity index (χ1) is 13.8. The number of carbonyl (C=O) groups is 1. The Morgan fingerprint density at radius 3 is 1.81 bits per heavy atom. The van der Waals surface area contributed by atoms with E-state index in [0.717, 1.165) is 0 Å². The molecule has 2 fully saturated rings. The van der Waals surface area contributed by atoms with Crippen LogP contribution in [0.4, 0.5) is 35.5 Å². The number of rotatable bonds is 5. The fourth-order valence-electron chi connectivity index (χ4n) is 5.70. The van der Waals surface area contributed by atoms with Crippen LogP contribution in [-0.2, 0) is 9.47 Å². The third-order valence-corrected chi connectivity index (χ3v) is 6.92. The van der Waals surface area contributed by atoms with Crippen molar-refractivity contribution in [3.63, 3.8) is 0 Å². The highest BCUT2D eigenvalue weighted by atomic mass is 19.4. The lowest BCUT2D eigenvalue weighted by Crippen LogP contribution is -2.61. The van der Waals surface area contributed by atoms with Gasteiger partial charge < -0.3 is 9.47 Å². The highest BCUT2D eigenvalue weighted by Gasteiger charge is 2.76. The lowest BCUT2D eigenvalue weighted by molar-refractivity contribution is -0.374. The van der Waals surface area contributed by atoms with Gasteiger partial charge in [-0.25, -0.2) is 4.79 Å². The van der Waals surface area contributed by atoms with E-state index in [1.165, 1.54) is 20.8 Å². The van der Waals surface area contributed by atoms with Crippen molar-refractivity contribution in [2.24, 2.45) is 35.0 Å². The number of halogens is 7. The normalized spacial score (nSPS) is 29.9. The van der Waals surface area contributed by atoms with Gasteiger partial charge >= 0.3 is 24.1 Å². The molecule has 0 radical (unpaired) electrons. The first kappa shape index (κ1) is 26.0. The molecule has 182 valence electrons. The van der Waals surface area contributed by atoms with Crippen LogP contribution in [0.2, 0.25) is 0 Å². The molecule has 0 saturated heterocycles. The smallest absolute Gasteiger partial charge is 0.429 e. The van der Waals surface area contributed by atoms with Gasteiger partial charge in [0.05, 0.1) is 6.67 Å². The second kappa shape index (κ2) is 7.97. The topological polar surface area (TPSA) is 35.5 Å². The van der Waals surface area contributed by atoms with Gasteiger partial charge in [0.15, 0.2) is 0 Å². The van der Waals surface area contributed by atoms with Gasteiger partial charge in [-0.2, -0.15) is 26.3 Å². The maximum absolute atomic E-state index is 13.9. The van der Waals surface area contributed by atoms with Crippen molar-refractivity contribution in [1.29, 1.82) is 0 Å². The molecular formula is C21H31F7O3. The van der Waals surface area contributed by atoms with Crippen LogP contribution < -0.4 is 0 Å². The Morgan fingerprint density at radius 2 is 1.42 bits per heavy atom. The highest BCUT2D eigenvalue weighted by molar-refractivity contribution is 5.61. The van der Waals surface area contributed by atoms with E-state index in [1.54, 1.807) is 13.8 Å². The molecule has 2 rings (SSSR count). The average Bonchev–Trinajstić information content (AvgIpc) is 3.07. The van der Waals surface area contributed by atoms with Crippen LogP contribution in [0.15, 0.2) is 0 Å². The summed E-state index contributed by atoms with van der Waals surface area (Å²) in [5.74, 6) is -1.99. The molecule has 3 nitrogen and oxygen atoms in total. The molecule has 0 heterocycles. The number of ether oxygens (including phenoxy) is 2. The largest absolute Gasteiger partial charge is 0.510 e. The zero-order valence-electron chi connectivity index (χ0n) is 18.6. The molecule has 2 aliphatic carbocycles. The van der Waals surface area contributed by atoms with Crippen molar-refractivity contribution in [3.05, 3.63) is 0 Å². The van der Waals surface area contributed by atoms with Crippen LogP contribution in [-0.4, -0.2) is 36.4 Å². The Balaban J connectivity index is 2.41. The van der Waals surface area contributed by atoms with E-state index in [1.807, 2.05) is 6.92 Å². The molecule has 2 bridgehead atoms. The molecule has 0 aromatic carbocycles. The van der Waals surface area contributed by atoms with Crippen molar-refractivity contribution >= 4 is 6.16 Å². The Bertz CT molecular complexity index is 649. The van der Waals surface area contributed by atoms with E-state index in [2.05, 4.69) is 9.47 Å². The molecule has 0 aromatic heterocycles. The van der Waals surface area contributed by atoms with Crippen molar-refractivity contribution in [2.75, 3.05) is 6.67 Å². The van der Waals surface area contributed by atoms with Gasteiger partial charge in [-0.3, -0.25) is 4.39 Å². The first-order valence-electron chi connectivity index (χ1n) is 10.4. The second-order valence-corrected chi connectivity index (χ2v) is 10.8. The molecule has 10 heteroatoms. The summed E-state index contributed by atoms with van der Waals surface area (Å²) in [5.41, 5.74) is -6.90. The van der Waals surface area contributed by atoms with Gasteiger partial charge in [-0.15, -0.1) is 0 Å². The molecule has 2 saturated carbocycles. The molecule has 2 aliphatic rings. The van der Waals surface area contributed by atoms with Crippen molar-refractivity contribution < 1.29 is 45.0 Å². The van der Waals surface area contributed by atoms with Crippen molar-refractivity contribution in [3.8, 4) is 0 Å². The molecule has 0 amide bonds. The maximum atomic E-state index is 13.9. The lowest BCUT2D eigenvalue weighted by Gasteiger charge is -2.45. The van der Waals surface area contributed by atoms with Gasteiger partial charge in [-0.05, 0) is 68.6 Å². The second-order valence-electron chi connectivity index (χ2n) is 10.8. The zero-order chi connectivity index (χ0) is 24.2. The van der Waals surface area contributed by atoms with E-state index in [9.17, 15) is 35.5 Å². The van der Waals surface area contributed by atoms with E-state index in [-0.39, 0.29) is 24.2 Å². The number of carbonyl (C=O) groups excluding carboxylic acids is 1. The maximum Gasteiger partial charge on any atom is 0.510 e. The van der Waals surface area contributed by atoms with Crippen molar-refractivity contribution in [1.82, 2.24) is 0 Å². The predicted molar refractivity (Wildman–Crippen MR) is 98.9 cm³/mol. The zero-order valence-corrected chi connectivity index (χ0v) is 18.6. The Morgan fingerprint density at radius 1 is 0.903 bits per heavy atom. The van der Waals surface area contributed by atoms with Crippen LogP contribution >= 0.6 is 0 Å². The Kier molecular flexibility index (Phi) is 6.70. The fraction of sp³-hybridized carbons (Fsp3) is 0.952. The summed E-state index contributed by atoms with van der Waals surface area (Å²) in [7, 11) is 0. The molecule has 5 atom stereocenters. The number of hydrogen-bond donors (Lipinski definition) is 0. The fourth-order valence-corrected chi connectivity index (χ4v) is 5.70. The minimum absolute atomic E-state index is 0.00931.